The van der Waals surface area contributed by atoms with Gasteiger partial charge in [0.1, 0.15) is 0 Å². The van der Waals surface area contributed by atoms with Gasteiger partial charge in [0.25, 0.3) is 0 Å². The Morgan fingerprint density at radius 1 is 1.25 bits per heavy atom. The molecule has 1 saturated heterocycles. The van der Waals surface area contributed by atoms with E-state index in [0.717, 1.165) is 16.4 Å². The number of halogens is 1. The maximum Gasteiger partial charge on any atom is 0.0592 e. The first-order chi connectivity index (χ1) is 7.86. The average molecular weight is 281 g/mol. The van der Waals surface area contributed by atoms with Gasteiger partial charge in [-0.3, -0.25) is 4.98 Å². The molecule has 0 bridgehead atoms. The largest absolute Gasteiger partial charge is 0.367 e. The van der Waals surface area contributed by atoms with E-state index in [1.54, 1.807) is 0 Å². The summed E-state index contributed by atoms with van der Waals surface area (Å²) in [5, 5.41) is 0. The Morgan fingerprint density at radius 2 is 2.12 bits per heavy atom. The van der Waals surface area contributed by atoms with Crippen LogP contribution >= 0.6 is 15.9 Å². The van der Waals surface area contributed by atoms with Crippen LogP contribution in [-0.4, -0.2) is 17.6 Å². The smallest absolute Gasteiger partial charge is 0.0592 e. The van der Waals surface area contributed by atoms with E-state index in [9.17, 15) is 0 Å². The van der Waals surface area contributed by atoms with Crippen LogP contribution in [0.25, 0.3) is 0 Å². The van der Waals surface area contributed by atoms with Crippen molar-refractivity contribution in [2.45, 2.75) is 38.1 Å². The number of pyridine rings is 1. The fourth-order valence-electron chi connectivity index (χ4n) is 3.31. The molecule has 1 aromatic heterocycles. The zero-order chi connectivity index (χ0) is 11.0. The van der Waals surface area contributed by atoms with Gasteiger partial charge in [-0.15, -0.1) is 0 Å². The fourth-order valence-corrected chi connectivity index (χ4v) is 3.78. The van der Waals surface area contributed by atoms with E-state index in [1.807, 2.05) is 12.4 Å². The lowest BCUT2D eigenvalue weighted by molar-refractivity contribution is 0.342. The van der Waals surface area contributed by atoms with E-state index in [-0.39, 0.29) is 0 Å². The summed E-state index contributed by atoms with van der Waals surface area (Å²) in [4.78, 5) is 6.74. The van der Waals surface area contributed by atoms with Crippen molar-refractivity contribution in [2.75, 3.05) is 11.4 Å². The molecule has 3 rings (SSSR count). The molecule has 0 amide bonds. The number of nitrogens with zero attached hydrogens (tertiary/aromatic N) is 2. The number of hydrogen-bond donors (Lipinski definition) is 0. The maximum absolute atomic E-state index is 4.15. The standard InChI is InChI=1S/C13H17BrN2/c14-11-9-15-7-5-13(11)16-8-6-10-3-1-2-4-12(10)16/h5,7,9-10,12H,1-4,6,8H2. The highest BCUT2D eigenvalue weighted by molar-refractivity contribution is 9.10. The Morgan fingerprint density at radius 3 is 3.00 bits per heavy atom. The molecule has 1 saturated carbocycles. The van der Waals surface area contributed by atoms with Crippen LogP contribution in [0.2, 0.25) is 0 Å². The summed E-state index contributed by atoms with van der Waals surface area (Å²) in [5.41, 5.74) is 1.34. The van der Waals surface area contributed by atoms with E-state index in [0.29, 0.717) is 0 Å². The second-order valence-electron chi connectivity index (χ2n) is 4.92. The molecule has 1 aliphatic carbocycles. The summed E-state index contributed by atoms with van der Waals surface area (Å²) in [7, 11) is 0. The highest BCUT2D eigenvalue weighted by Gasteiger charge is 2.36. The molecular formula is C13H17BrN2. The highest BCUT2D eigenvalue weighted by Crippen LogP contribution is 2.40. The molecule has 0 aromatic carbocycles. The van der Waals surface area contributed by atoms with Crippen molar-refractivity contribution in [3.05, 3.63) is 22.9 Å². The number of fused-ring (bicyclic) bond motifs is 1. The van der Waals surface area contributed by atoms with Crippen LogP contribution in [0.1, 0.15) is 32.1 Å². The SMILES string of the molecule is Brc1cnccc1N1CCC2CCCCC21. The lowest BCUT2D eigenvalue weighted by Crippen LogP contribution is -2.34. The molecule has 0 radical (unpaired) electrons. The fraction of sp³-hybridized carbons (Fsp3) is 0.615. The molecule has 2 fully saturated rings. The Labute approximate surface area is 105 Å². The summed E-state index contributed by atoms with van der Waals surface area (Å²) in [6.07, 6.45) is 10.8. The molecule has 2 unspecified atom stereocenters. The van der Waals surface area contributed by atoms with Crippen LogP contribution < -0.4 is 4.90 Å². The second kappa shape index (κ2) is 4.36. The van der Waals surface area contributed by atoms with Gasteiger partial charge in [0, 0.05) is 25.0 Å². The molecule has 2 aliphatic rings. The molecule has 1 aromatic rings. The summed E-state index contributed by atoms with van der Waals surface area (Å²) in [5.74, 6) is 0.939. The van der Waals surface area contributed by atoms with Crippen molar-refractivity contribution < 1.29 is 0 Å². The van der Waals surface area contributed by atoms with Gasteiger partial charge in [-0.2, -0.15) is 0 Å². The zero-order valence-electron chi connectivity index (χ0n) is 9.40. The van der Waals surface area contributed by atoms with Crippen molar-refractivity contribution in [1.82, 2.24) is 4.98 Å². The highest BCUT2D eigenvalue weighted by atomic mass is 79.9. The quantitative estimate of drug-likeness (QED) is 0.781. The van der Waals surface area contributed by atoms with Crippen LogP contribution in [-0.2, 0) is 0 Å². The zero-order valence-corrected chi connectivity index (χ0v) is 11.0. The first kappa shape index (κ1) is 10.6. The van der Waals surface area contributed by atoms with Gasteiger partial charge < -0.3 is 4.90 Å². The first-order valence-electron chi connectivity index (χ1n) is 6.22. The summed E-state index contributed by atoms with van der Waals surface area (Å²) >= 11 is 3.62. The Bertz CT molecular complexity index is 380. The second-order valence-corrected chi connectivity index (χ2v) is 5.78. The van der Waals surface area contributed by atoms with Crippen LogP contribution in [0.4, 0.5) is 5.69 Å². The van der Waals surface area contributed by atoms with E-state index in [2.05, 4.69) is 31.9 Å². The van der Waals surface area contributed by atoms with Crippen molar-refractivity contribution in [1.29, 1.82) is 0 Å². The topological polar surface area (TPSA) is 16.1 Å². The Balaban J connectivity index is 1.88. The Hall–Kier alpha value is -0.570. The van der Waals surface area contributed by atoms with Gasteiger partial charge in [0.05, 0.1) is 10.2 Å². The van der Waals surface area contributed by atoms with Crippen molar-refractivity contribution in [3.8, 4) is 0 Å². The number of rotatable bonds is 1. The van der Waals surface area contributed by atoms with E-state index < -0.39 is 0 Å². The third-order valence-electron chi connectivity index (χ3n) is 4.07. The van der Waals surface area contributed by atoms with Gasteiger partial charge in [-0.05, 0) is 47.2 Å². The van der Waals surface area contributed by atoms with E-state index >= 15 is 0 Å². The molecule has 86 valence electrons. The van der Waals surface area contributed by atoms with E-state index in [4.69, 9.17) is 0 Å². The summed E-state index contributed by atoms with van der Waals surface area (Å²) < 4.78 is 1.14. The third kappa shape index (κ3) is 1.75. The summed E-state index contributed by atoms with van der Waals surface area (Å²) in [6.45, 7) is 1.22. The lowest BCUT2D eigenvalue weighted by Gasteiger charge is -2.33. The van der Waals surface area contributed by atoms with Crippen molar-refractivity contribution in [3.63, 3.8) is 0 Å². The molecular weight excluding hydrogens is 264 g/mol. The van der Waals surface area contributed by atoms with Gasteiger partial charge >= 0.3 is 0 Å². The minimum Gasteiger partial charge on any atom is -0.367 e. The van der Waals surface area contributed by atoms with Crippen molar-refractivity contribution in [2.24, 2.45) is 5.92 Å². The first-order valence-corrected chi connectivity index (χ1v) is 7.02. The molecule has 0 spiro atoms. The molecule has 3 heteroatoms. The molecule has 16 heavy (non-hydrogen) atoms. The molecule has 2 atom stereocenters. The Kier molecular flexibility index (Phi) is 2.88. The van der Waals surface area contributed by atoms with Crippen LogP contribution in [0, 0.1) is 5.92 Å². The van der Waals surface area contributed by atoms with Crippen molar-refractivity contribution >= 4 is 21.6 Å². The normalized spacial score (nSPS) is 29.2. The van der Waals surface area contributed by atoms with Gasteiger partial charge in [0.15, 0.2) is 0 Å². The van der Waals surface area contributed by atoms with E-state index in [1.165, 1.54) is 44.3 Å². The number of anilines is 1. The predicted molar refractivity (Wildman–Crippen MR) is 69.6 cm³/mol. The minimum atomic E-state index is 0.785. The molecule has 2 heterocycles. The molecule has 2 nitrogen and oxygen atoms in total. The maximum atomic E-state index is 4.15. The molecule has 0 N–H and O–H groups in total. The minimum absolute atomic E-state index is 0.785. The number of aromatic nitrogens is 1. The van der Waals surface area contributed by atoms with Gasteiger partial charge in [-0.1, -0.05) is 12.8 Å². The van der Waals surface area contributed by atoms with Crippen LogP contribution in [0.15, 0.2) is 22.9 Å². The third-order valence-corrected chi connectivity index (χ3v) is 4.68. The van der Waals surface area contributed by atoms with Crippen LogP contribution in [0.5, 0.6) is 0 Å². The van der Waals surface area contributed by atoms with Crippen LogP contribution in [0.3, 0.4) is 0 Å². The van der Waals surface area contributed by atoms with Gasteiger partial charge in [-0.25, -0.2) is 0 Å². The monoisotopic (exact) mass is 280 g/mol. The summed E-state index contributed by atoms with van der Waals surface area (Å²) in [6, 6.07) is 2.92. The average Bonchev–Trinajstić information content (AvgIpc) is 2.74. The van der Waals surface area contributed by atoms with Gasteiger partial charge in [0.2, 0.25) is 0 Å². The number of hydrogen-bond acceptors (Lipinski definition) is 2. The lowest BCUT2D eigenvalue weighted by atomic mass is 9.85. The molecule has 1 aliphatic heterocycles. The predicted octanol–water partition coefficient (Wildman–Crippen LogP) is 3.61.